The zero-order valence-corrected chi connectivity index (χ0v) is 9.95. The summed E-state index contributed by atoms with van der Waals surface area (Å²) < 4.78 is 0. The second kappa shape index (κ2) is 4.36. The maximum atomic E-state index is 12.4. The number of nitrogens with one attached hydrogen (secondary N) is 1. The van der Waals surface area contributed by atoms with Crippen molar-refractivity contribution in [1.29, 1.82) is 0 Å². The molecule has 16 heavy (non-hydrogen) atoms. The lowest BCUT2D eigenvalue weighted by molar-refractivity contribution is -0.139. The van der Waals surface area contributed by atoms with Crippen LogP contribution in [0.15, 0.2) is 0 Å². The van der Waals surface area contributed by atoms with Crippen LogP contribution in [0.4, 0.5) is 0 Å². The van der Waals surface area contributed by atoms with Gasteiger partial charge in [-0.25, -0.2) is 0 Å². The summed E-state index contributed by atoms with van der Waals surface area (Å²) in [6.07, 6.45) is 8.42. The van der Waals surface area contributed by atoms with Crippen LogP contribution in [-0.2, 0) is 4.79 Å². The lowest BCUT2D eigenvalue weighted by Crippen LogP contribution is -2.52. The third-order valence-corrected chi connectivity index (χ3v) is 4.61. The lowest BCUT2D eigenvalue weighted by Gasteiger charge is -2.38. The Bertz CT molecular complexity index is 273. The van der Waals surface area contributed by atoms with Gasteiger partial charge in [0, 0.05) is 24.5 Å². The highest BCUT2D eigenvalue weighted by atomic mass is 16.2. The molecule has 2 heterocycles. The molecule has 3 fully saturated rings. The molecule has 3 aliphatic rings. The van der Waals surface area contributed by atoms with Gasteiger partial charge in [0.2, 0.25) is 5.91 Å². The normalized spacial score (nSPS) is 35.4. The molecule has 0 radical (unpaired) electrons. The zero-order chi connectivity index (χ0) is 11.0. The summed E-state index contributed by atoms with van der Waals surface area (Å²) in [6, 6.07) is 1.11. The van der Waals surface area contributed by atoms with Gasteiger partial charge in [0.15, 0.2) is 0 Å². The first kappa shape index (κ1) is 10.6. The van der Waals surface area contributed by atoms with Gasteiger partial charge >= 0.3 is 0 Å². The SMILES string of the molecule is O=C(C1CCCC1)N1CCCC2NCCC21. The highest BCUT2D eigenvalue weighted by Crippen LogP contribution is 2.31. The third kappa shape index (κ3) is 1.75. The van der Waals surface area contributed by atoms with Gasteiger partial charge in [0.25, 0.3) is 0 Å². The standard InChI is InChI=1S/C13H22N2O/c16-13(10-4-1-2-5-10)15-9-3-6-11-12(15)7-8-14-11/h10-12,14H,1-9H2. The van der Waals surface area contributed by atoms with Crippen LogP contribution in [-0.4, -0.2) is 36.0 Å². The molecule has 0 spiro atoms. The number of amides is 1. The van der Waals surface area contributed by atoms with Crippen molar-refractivity contribution in [3.63, 3.8) is 0 Å². The van der Waals surface area contributed by atoms with E-state index in [1.807, 2.05) is 0 Å². The summed E-state index contributed by atoms with van der Waals surface area (Å²) in [5.41, 5.74) is 0. The molecule has 0 bridgehead atoms. The minimum atomic E-state index is 0.361. The smallest absolute Gasteiger partial charge is 0.225 e. The summed E-state index contributed by atoms with van der Waals surface area (Å²) in [5, 5.41) is 3.54. The summed E-state index contributed by atoms with van der Waals surface area (Å²) in [4.78, 5) is 14.7. The van der Waals surface area contributed by atoms with Crippen molar-refractivity contribution in [3.8, 4) is 0 Å². The number of rotatable bonds is 1. The van der Waals surface area contributed by atoms with Crippen molar-refractivity contribution < 1.29 is 4.79 Å². The number of nitrogens with zero attached hydrogens (tertiary/aromatic N) is 1. The summed E-state index contributed by atoms with van der Waals surface area (Å²) in [5.74, 6) is 0.829. The van der Waals surface area contributed by atoms with E-state index in [-0.39, 0.29) is 0 Å². The Morgan fingerprint density at radius 2 is 1.88 bits per heavy atom. The van der Waals surface area contributed by atoms with Gasteiger partial charge in [-0.1, -0.05) is 12.8 Å². The molecule has 1 N–H and O–H groups in total. The van der Waals surface area contributed by atoms with Crippen LogP contribution in [0.5, 0.6) is 0 Å². The summed E-state index contributed by atoms with van der Waals surface area (Å²) in [7, 11) is 0. The van der Waals surface area contributed by atoms with Crippen LogP contribution >= 0.6 is 0 Å². The molecule has 90 valence electrons. The van der Waals surface area contributed by atoms with E-state index in [4.69, 9.17) is 0 Å². The average molecular weight is 222 g/mol. The number of likely N-dealkylation sites (tertiary alicyclic amines) is 1. The van der Waals surface area contributed by atoms with Gasteiger partial charge in [-0.3, -0.25) is 4.79 Å². The third-order valence-electron chi connectivity index (χ3n) is 4.61. The fourth-order valence-corrected chi connectivity index (χ4v) is 3.75. The second-order valence-electron chi connectivity index (χ2n) is 5.57. The van der Waals surface area contributed by atoms with Gasteiger partial charge < -0.3 is 10.2 Å². The maximum absolute atomic E-state index is 12.4. The molecule has 1 amide bonds. The molecule has 1 saturated carbocycles. The number of carbonyl (C=O) groups is 1. The molecule has 1 aliphatic carbocycles. The minimum Gasteiger partial charge on any atom is -0.338 e. The first-order valence-electron chi connectivity index (χ1n) is 6.90. The molecular weight excluding hydrogens is 200 g/mol. The van der Waals surface area contributed by atoms with E-state index < -0.39 is 0 Å². The molecule has 3 rings (SSSR count). The van der Waals surface area contributed by atoms with E-state index in [2.05, 4.69) is 10.2 Å². The van der Waals surface area contributed by atoms with Gasteiger partial charge in [0.1, 0.15) is 0 Å². The molecule has 3 heteroatoms. The van der Waals surface area contributed by atoms with E-state index in [9.17, 15) is 4.79 Å². The minimum absolute atomic E-state index is 0.361. The van der Waals surface area contributed by atoms with Crippen molar-refractivity contribution in [2.24, 2.45) is 5.92 Å². The Morgan fingerprint density at radius 1 is 1.06 bits per heavy atom. The Morgan fingerprint density at radius 3 is 2.69 bits per heavy atom. The number of hydrogen-bond donors (Lipinski definition) is 1. The van der Waals surface area contributed by atoms with Crippen LogP contribution in [0, 0.1) is 5.92 Å². The van der Waals surface area contributed by atoms with Crippen molar-refractivity contribution >= 4 is 5.91 Å². The van der Waals surface area contributed by atoms with Crippen molar-refractivity contribution in [3.05, 3.63) is 0 Å². The predicted molar refractivity (Wildman–Crippen MR) is 63.1 cm³/mol. The van der Waals surface area contributed by atoms with Crippen LogP contribution < -0.4 is 5.32 Å². The molecule has 0 aromatic rings. The molecule has 0 aromatic heterocycles. The van der Waals surface area contributed by atoms with E-state index in [0.29, 0.717) is 23.9 Å². The molecular formula is C13H22N2O. The van der Waals surface area contributed by atoms with Gasteiger partial charge in [0.05, 0.1) is 0 Å². The van der Waals surface area contributed by atoms with E-state index in [0.717, 1.165) is 25.9 Å². The van der Waals surface area contributed by atoms with E-state index >= 15 is 0 Å². The Labute approximate surface area is 97.6 Å². The van der Waals surface area contributed by atoms with Crippen molar-refractivity contribution in [1.82, 2.24) is 10.2 Å². The van der Waals surface area contributed by atoms with Crippen LogP contribution in [0.2, 0.25) is 0 Å². The van der Waals surface area contributed by atoms with Gasteiger partial charge in [-0.05, 0) is 38.6 Å². The Balaban J connectivity index is 1.70. The zero-order valence-electron chi connectivity index (χ0n) is 9.95. The van der Waals surface area contributed by atoms with Crippen molar-refractivity contribution in [2.45, 2.75) is 57.0 Å². The second-order valence-corrected chi connectivity index (χ2v) is 5.57. The average Bonchev–Trinajstić information content (AvgIpc) is 2.98. The fraction of sp³-hybridized carbons (Fsp3) is 0.923. The van der Waals surface area contributed by atoms with E-state index in [1.165, 1.54) is 32.1 Å². The molecule has 2 atom stereocenters. The van der Waals surface area contributed by atoms with E-state index in [1.54, 1.807) is 0 Å². The Hall–Kier alpha value is -0.570. The number of hydrogen-bond acceptors (Lipinski definition) is 2. The number of fused-ring (bicyclic) bond motifs is 1. The molecule has 2 unspecified atom stereocenters. The van der Waals surface area contributed by atoms with Crippen LogP contribution in [0.25, 0.3) is 0 Å². The lowest BCUT2D eigenvalue weighted by atomic mass is 9.95. The summed E-state index contributed by atoms with van der Waals surface area (Å²) in [6.45, 7) is 2.11. The molecule has 0 aromatic carbocycles. The maximum Gasteiger partial charge on any atom is 0.225 e. The topological polar surface area (TPSA) is 32.3 Å². The molecule has 2 saturated heterocycles. The molecule has 2 aliphatic heterocycles. The van der Waals surface area contributed by atoms with Crippen LogP contribution in [0.3, 0.4) is 0 Å². The largest absolute Gasteiger partial charge is 0.338 e. The number of piperidine rings is 1. The van der Waals surface area contributed by atoms with Crippen LogP contribution in [0.1, 0.15) is 44.9 Å². The highest BCUT2D eigenvalue weighted by Gasteiger charge is 2.39. The highest BCUT2D eigenvalue weighted by molar-refractivity contribution is 5.79. The first-order chi connectivity index (χ1) is 7.86. The monoisotopic (exact) mass is 222 g/mol. The quantitative estimate of drug-likeness (QED) is 0.729. The van der Waals surface area contributed by atoms with Gasteiger partial charge in [-0.15, -0.1) is 0 Å². The predicted octanol–water partition coefficient (Wildman–Crippen LogP) is 1.53. The van der Waals surface area contributed by atoms with Crippen molar-refractivity contribution in [2.75, 3.05) is 13.1 Å². The number of carbonyl (C=O) groups excluding carboxylic acids is 1. The van der Waals surface area contributed by atoms with Gasteiger partial charge in [-0.2, -0.15) is 0 Å². The first-order valence-corrected chi connectivity index (χ1v) is 6.90. The summed E-state index contributed by atoms with van der Waals surface area (Å²) >= 11 is 0. The molecule has 3 nitrogen and oxygen atoms in total. The Kier molecular flexibility index (Phi) is 2.88. The fourth-order valence-electron chi connectivity index (χ4n) is 3.75.